The number of hydrogen-bond acceptors (Lipinski definition) is 4. The lowest BCUT2D eigenvalue weighted by atomic mass is 10.1. The summed E-state index contributed by atoms with van der Waals surface area (Å²) in [6.45, 7) is 5.98. The quantitative estimate of drug-likeness (QED) is 0.676. The van der Waals surface area contributed by atoms with E-state index >= 15 is 0 Å². The average molecular weight is 332 g/mol. The molecule has 0 aliphatic carbocycles. The van der Waals surface area contributed by atoms with Gasteiger partial charge in [-0.15, -0.1) is 0 Å². The van der Waals surface area contributed by atoms with Crippen LogP contribution in [0, 0.1) is 0 Å². The normalized spacial score (nSPS) is 13.0. The molecule has 0 aromatic heterocycles. The number of ether oxygens (including phenoxy) is 2. The maximum atomic E-state index is 9.63. The van der Waals surface area contributed by atoms with Gasteiger partial charge in [-0.1, -0.05) is 35.9 Å². The van der Waals surface area contributed by atoms with Gasteiger partial charge < -0.3 is 19.7 Å². The molecule has 0 heterocycles. The number of hydrogen-bond donors (Lipinski definition) is 2. The lowest BCUT2D eigenvalue weighted by Gasteiger charge is -2.11. The summed E-state index contributed by atoms with van der Waals surface area (Å²) in [5.41, 5.74) is 1.32. The van der Waals surface area contributed by atoms with Crippen LogP contribution in [0.3, 0.4) is 0 Å². The topological polar surface area (TPSA) is 58.9 Å². The second-order valence-corrected chi connectivity index (χ2v) is 6.12. The molecule has 2 N–H and O–H groups in total. The molecule has 1 rings (SSSR count). The Morgan fingerprint density at radius 1 is 1.21 bits per heavy atom. The maximum Gasteiger partial charge on any atom is 0.161 e. The molecule has 0 aliphatic rings. The van der Waals surface area contributed by atoms with E-state index in [4.69, 9.17) is 14.6 Å². The van der Waals surface area contributed by atoms with Crippen LogP contribution >= 0.6 is 0 Å². The number of aliphatic hydroxyl groups is 2. The van der Waals surface area contributed by atoms with Crippen molar-refractivity contribution in [3.8, 4) is 11.5 Å². The lowest BCUT2D eigenvalue weighted by Crippen LogP contribution is -2.13. The first-order valence-electron chi connectivity index (χ1n) is 7.99. The summed E-state index contributed by atoms with van der Waals surface area (Å²) >= 11 is 0. The Labute approximate surface area is 144 Å². The molecular weight excluding hydrogens is 304 g/mol. The van der Waals surface area contributed by atoms with Crippen LogP contribution in [0.15, 0.2) is 48.1 Å². The third kappa shape index (κ3) is 7.99. The Morgan fingerprint density at radius 3 is 2.58 bits per heavy atom. The van der Waals surface area contributed by atoms with Gasteiger partial charge in [0.25, 0.3) is 0 Å². The van der Waals surface area contributed by atoms with E-state index in [1.807, 2.05) is 43.4 Å². The maximum absolute atomic E-state index is 9.63. The van der Waals surface area contributed by atoms with Gasteiger partial charge in [-0.05, 0) is 51.0 Å². The molecule has 1 aromatic carbocycles. The molecule has 0 aliphatic heterocycles. The smallest absolute Gasteiger partial charge is 0.161 e. The van der Waals surface area contributed by atoms with Gasteiger partial charge in [0.1, 0.15) is 6.61 Å². The summed E-state index contributed by atoms with van der Waals surface area (Å²) in [6, 6.07) is 5.63. The van der Waals surface area contributed by atoms with Crippen LogP contribution in [0.25, 0.3) is 6.08 Å². The third-order valence-electron chi connectivity index (χ3n) is 3.24. The fraction of sp³-hybridized carbons (Fsp3) is 0.400. The Hall–Kier alpha value is -2.04. The van der Waals surface area contributed by atoms with Crippen molar-refractivity contribution in [1.82, 2.24) is 0 Å². The van der Waals surface area contributed by atoms with E-state index in [2.05, 4.69) is 0 Å². The molecule has 4 nitrogen and oxygen atoms in total. The number of benzene rings is 1. The molecule has 0 bridgehead atoms. The van der Waals surface area contributed by atoms with Crippen LogP contribution in [-0.4, -0.2) is 36.1 Å². The van der Waals surface area contributed by atoms with E-state index in [1.54, 1.807) is 33.1 Å². The lowest BCUT2D eigenvalue weighted by molar-refractivity contribution is 0.133. The second-order valence-electron chi connectivity index (χ2n) is 6.12. The Bertz CT molecular complexity index is 592. The molecule has 0 atom stereocenters. The van der Waals surface area contributed by atoms with Gasteiger partial charge in [-0.3, -0.25) is 0 Å². The molecule has 0 saturated heterocycles. The van der Waals surface area contributed by atoms with Crippen molar-refractivity contribution in [3.63, 3.8) is 0 Å². The summed E-state index contributed by atoms with van der Waals surface area (Å²) in [6.07, 6.45) is 10.0. The molecule has 0 fully saturated rings. The molecule has 132 valence electrons. The van der Waals surface area contributed by atoms with Crippen LogP contribution in [0.5, 0.6) is 11.5 Å². The van der Waals surface area contributed by atoms with E-state index in [1.165, 1.54) is 0 Å². The largest absolute Gasteiger partial charge is 0.493 e. The van der Waals surface area contributed by atoms with Crippen molar-refractivity contribution in [1.29, 1.82) is 0 Å². The number of methoxy groups -OCH3 is 1. The van der Waals surface area contributed by atoms with Crippen LogP contribution < -0.4 is 9.47 Å². The van der Waals surface area contributed by atoms with Crippen LogP contribution in [0.1, 0.15) is 32.8 Å². The summed E-state index contributed by atoms with van der Waals surface area (Å²) < 4.78 is 11.1. The molecule has 0 radical (unpaired) electrons. The first-order chi connectivity index (χ1) is 11.4. The van der Waals surface area contributed by atoms with Gasteiger partial charge in [0.15, 0.2) is 11.5 Å². The number of aliphatic hydroxyl groups excluding tert-OH is 1. The Kier molecular flexibility index (Phi) is 8.30. The van der Waals surface area contributed by atoms with Crippen LogP contribution in [-0.2, 0) is 0 Å². The molecule has 0 amide bonds. The molecule has 1 aromatic rings. The second kappa shape index (κ2) is 9.96. The molecule has 0 spiro atoms. The van der Waals surface area contributed by atoms with Gasteiger partial charge in [0, 0.05) is 0 Å². The molecule has 24 heavy (non-hydrogen) atoms. The zero-order chi connectivity index (χ0) is 18.0. The predicted molar refractivity (Wildman–Crippen MR) is 98.4 cm³/mol. The van der Waals surface area contributed by atoms with E-state index in [0.29, 0.717) is 18.1 Å². The third-order valence-corrected chi connectivity index (χ3v) is 3.24. The Balaban J connectivity index is 2.62. The van der Waals surface area contributed by atoms with Gasteiger partial charge in [0.05, 0.1) is 19.3 Å². The fourth-order valence-electron chi connectivity index (χ4n) is 1.99. The summed E-state index contributed by atoms with van der Waals surface area (Å²) in [7, 11) is 1.60. The van der Waals surface area contributed by atoms with Crippen molar-refractivity contribution >= 4 is 6.08 Å². The fourth-order valence-corrected chi connectivity index (χ4v) is 1.99. The van der Waals surface area contributed by atoms with E-state index in [-0.39, 0.29) is 6.61 Å². The summed E-state index contributed by atoms with van der Waals surface area (Å²) in [4.78, 5) is 0. The first kappa shape index (κ1) is 20.0. The molecule has 0 saturated carbocycles. The average Bonchev–Trinajstić information content (AvgIpc) is 2.52. The van der Waals surface area contributed by atoms with Gasteiger partial charge in [-0.25, -0.2) is 0 Å². The zero-order valence-corrected chi connectivity index (χ0v) is 15.0. The van der Waals surface area contributed by atoms with Crippen molar-refractivity contribution in [2.75, 3.05) is 20.3 Å². The van der Waals surface area contributed by atoms with Crippen molar-refractivity contribution in [2.24, 2.45) is 0 Å². The highest BCUT2D eigenvalue weighted by molar-refractivity contribution is 5.55. The highest BCUT2D eigenvalue weighted by Crippen LogP contribution is 2.28. The minimum atomic E-state index is -0.781. The van der Waals surface area contributed by atoms with E-state index < -0.39 is 5.60 Å². The van der Waals surface area contributed by atoms with Crippen molar-refractivity contribution in [2.45, 2.75) is 32.8 Å². The van der Waals surface area contributed by atoms with Crippen molar-refractivity contribution in [3.05, 3.63) is 53.6 Å². The SMILES string of the molecule is COc1cc(C=CCO)ccc1OCC=C(C)CC=CC(C)(C)O. The first-order valence-corrected chi connectivity index (χ1v) is 7.99. The monoisotopic (exact) mass is 332 g/mol. The highest BCUT2D eigenvalue weighted by atomic mass is 16.5. The van der Waals surface area contributed by atoms with E-state index in [0.717, 1.165) is 17.6 Å². The number of rotatable bonds is 9. The van der Waals surface area contributed by atoms with Crippen LogP contribution in [0.2, 0.25) is 0 Å². The summed E-state index contributed by atoms with van der Waals surface area (Å²) in [5, 5.41) is 18.4. The minimum absolute atomic E-state index is 0.00650. The molecule has 0 unspecified atom stereocenters. The Morgan fingerprint density at radius 2 is 1.96 bits per heavy atom. The van der Waals surface area contributed by atoms with Gasteiger partial charge in [0.2, 0.25) is 0 Å². The minimum Gasteiger partial charge on any atom is -0.493 e. The van der Waals surface area contributed by atoms with Crippen molar-refractivity contribution < 1.29 is 19.7 Å². The predicted octanol–water partition coefficient (Wildman–Crippen LogP) is 3.74. The van der Waals surface area contributed by atoms with Gasteiger partial charge >= 0.3 is 0 Å². The standard InChI is InChI=1S/C20H28O4/c1-16(7-5-12-20(2,3)22)11-14-24-18-10-9-17(8-6-13-21)15-19(18)23-4/h5-6,8-12,15,21-22H,7,13-14H2,1-4H3. The molecule has 4 heteroatoms. The van der Waals surface area contributed by atoms with E-state index in [9.17, 15) is 5.11 Å². The summed E-state index contributed by atoms with van der Waals surface area (Å²) in [5.74, 6) is 1.33. The van der Waals surface area contributed by atoms with Gasteiger partial charge in [-0.2, -0.15) is 0 Å². The number of allylic oxidation sites excluding steroid dienone is 2. The highest BCUT2D eigenvalue weighted by Gasteiger charge is 2.05. The zero-order valence-electron chi connectivity index (χ0n) is 15.0. The molecular formula is C20H28O4. The van der Waals surface area contributed by atoms with Crippen LogP contribution in [0.4, 0.5) is 0 Å².